The Morgan fingerprint density at radius 3 is 2.48 bits per heavy atom. The Hall–Kier alpha value is -1.71. The van der Waals surface area contributed by atoms with Gasteiger partial charge in [0.05, 0.1) is 12.5 Å². The van der Waals surface area contributed by atoms with Crippen molar-refractivity contribution in [3.63, 3.8) is 0 Å². The first-order valence-corrected chi connectivity index (χ1v) is 9.88. The zero-order chi connectivity index (χ0) is 18.0. The third-order valence-electron chi connectivity index (χ3n) is 5.92. The minimum Gasteiger partial charge on any atom is -0.472 e. The van der Waals surface area contributed by atoms with Crippen molar-refractivity contribution in [2.24, 2.45) is 5.41 Å². The highest BCUT2D eigenvalue weighted by molar-refractivity contribution is 5.85. The topological polar surface area (TPSA) is 19.6 Å². The molecule has 1 saturated heterocycles. The average Bonchev–Trinajstić information content (AvgIpc) is 3.16. The van der Waals surface area contributed by atoms with E-state index < -0.39 is 0 Å². The molecule has 2 aliphatic rings. The Bertz CT molecular complexity index is 758. The fraction of sp³-hybridized carbons (Fsp3) is 0.478. The lowest BCUT2D eigenvalue weighted by Crippen LogP contribution is -2.46. The molecule has 1 aromatic heterocycles. The van der Waals surface area contributed by atoms with E-state index in [-0.39, 0.29) is 12.4 Å². The van der Waals surface area contributed by atoms with Crippen molar-refractivity contribution >= 4 is 23.7 Å². The fourth-order valence-electron chi connectivity index (χ4n) is 4.13. The van der Waals surface area contributed by atoms with Crippen LogP contribution in [0.5, 0.6) is 0 Å². The number of benzene rings is 1. The second-order valence-electron chi connectivity index (χ2n) is 8.51. The van der Waals surface area contributed by atoms with Crippen molar-refractivity contribution in [3.05, 3.63) is 60.1 Å². The summed E-state index contributed by atoms with van der Waals surface area (Å²) in [6.45, 7) is 10.1. The summed E-state index contributed by atoms with van der Waals surface area (Å²) in [6, 6.07) is 11.1. The molecule has 0 unspecified atom stereocenters. The van der Waals surface area contributed by atoms with Crippen LogP contribution in [0.15, 0.2) is 53.4 Å². The highest BCUT2D eigenvalue weighted by Gasteiger charge is 2.25. The zero-order valence-electron chi connectivity index (χ0n) is 16.5. The Morgan fingerprint density at radius 2 is 1.81 bits per heavy atom. The molecule has 27 heavy (non-hydrogen) atoms. The predicted molar refractivity (Wildman–Crippen MR) is 115 cm³/mol. The van der Waals surface area contributed by atoms with Gasteiger partial charge in [-0.3, -0.25) is 4.90 Å². The van der Waals surface area contributed by atoms with E-state index in [0.29, 0.717) is 5.41 Å². The van der Waals surface area contributed by atoms with Crippen molar-refractivity contribution in [2.45, 2.75) is 39.7 Å². The van der Waals surface area contributed by atoms with E-state index in [1.54, 1.807) is 11.8 Å². The highest BCUT2D eigenvalue weighted by atomic mass is 35.5. The van der Waals surface area contributed by atoms with Crippen molar-refractivity contribution in [3.8, 4) is 0 Å². The first kappa shape index (κ1) is 20.0. The number of piperazine rings is 1. The molecule has 0 saturated carbocycles. The van der Waals surface area contributed by atoms with E-state index in [9.17, 15) is 0 Å². The van der Waals surface area contributed by atoms with Crippen LogP contribution in [0.2, 0.25) is 0 Å². The van der Waals surface area contributed by atoms with Crippen molar-refractivity contribution < 1.29 is 4.42 Å². The van der Waals surface area contributed by atoms with E-state index in [4.69, 9.17) is 4.42 Å². The lowest BCUT2D eigenvalue weighted by atomic mass is 9.77. The zero-order valence-corrected chi connectivity index (χ0v) is 17.3. The third-order valence-corrected chi connectivity index (χ3v) is 5.92. The monoisotopic (exact) mass is 386 g/mol. The van der Waals surface area contributed by atoms with Crippen LogP contribution >= 0.6 is 12.4 Å². The third kappa shape index (κ3) is 4.77. The average molecular weight is 387 g/mol. The summed E-state index contributed by atoms with van der Waals surface area (Å²) in [5, 5.41) is 0. The van der Waals surface area contributed by atoms with Gasteiger partial charge in [0.25, 0.3) is 0 Å². The number of nitrogens with zero attached hydrogens (tertiary/aromatic N) is 2. The molecule has 0 bridgehead atoms. The Labute approximate surface area is 169 Å². The summed E-state index contributed by atoms with van der Waals surface area (Å²) in [5.41, 5.74) is 6.14. The summed E-state index contributed by atoms with van der Waals surface area (Å²) in [6.07, 6.45) is 9.78. The van der Waals surface area contributed by atoms with Gasteiger partial charge in [-0.05, 0) is 42.4 Å². The Kier molecular flexibility index (Phi) is 6.33. The lowest BCUT2D eigenvalue weighted by Gasteiger charge is -2.37. The minimum atomic E-state index is 0. The van der Waals surface area contributed by atoms with E-state index in [1.807, 2.05) is 6.26 Å². The number of para-hydroxylation sites is 1. The van der Waals surface area contributed by atoms with Crippen molar-refractivity contribution in [2.75, 3.05) is 31.1 Å². The van der Waals surface area contributed by atoms with Crippen LogP contribution in [0, 0.1) is 5.41 Å². The molecule has 0 atom stereocenters. The van der Waals surface area contributed by atoms with Gasteiger partial charge in [0.15, 0.2) is 0 Å². The number of anilines is 1. The summed E-state index contributed by atoms with van der Waals surface area (Å²) in [4.78, 5) is 5.09. The lowest BCUT2D eigenvalue weighted by molar-refractivity contribution is 0.249. The van der Waals surface area contributed by atoms with Crippen LogP contribution in [-0.4, -0.2) is 31.1 Å². The van der Waals surface area contributed by atoms with Crippen LogP contribution in [0.1, 0.15) is 44.2 Å². The summed E-state index contributed by atoms with van der Waals surface area (Å²) < 4.78 is 5.20. The van der Waals surface area contributed by atoms with Gasteiger partial charge in [-0.2, -0.15) is 0 Å². The molecule has 4 heteroatoms. The first-order chi connectivity index (χ1) is 12.6. The maximum absolute atomic E-state index is 5.20. The van der Waals surface area contributed by atoms with E-state index in [0.717, 1.165) is 32.7 Å². The maximum atomic E-state index is 5.20. The number of halogens is 1. The molecular weight excluding hydrogens is 356 g/mol. The second-order valence-corrected chi connectivity index (χ2v) is 8.51. The van der Waals surface area contributed by atoms with Crippen LogP contribution in [-0.2, 0) is 6.54 Å². The molecule has 2 heterocycles. The number of hydrogen-bond acceptors (Lipinski definition) is 3. The summed E-state index contributed by atoms with van der Waals surface area (Å²) in [7, 11) is 0. The van der Waals surface area contributed by atoms with Crippen LogP contribution in [0.3, 0.4) is 0 Å². The molecule has 2 aromatic rings. The van der Waals surface area contributed by atoms with E-state index >= 15 is 0 Å². The molecule has 3 nitrogen and oxygen atoms in total. The first-order valence-electron chi connectivity index (χ1n) is 9.88. The summed E-state index contributed by atoms with van der Waals surface area (Å²) >= 11 is 0. The second kappa shape index (κ2) is 8.53. The molecule has 4 rings (SSSR count). The number of allylic oxidation sites excluding steroid dienone is 2. The Balaban J connectivity index is 0.00000210. The smallest absolute Gasteiger partial charge is 0.0947 e. The van der Waals surface area contributed by atoms with Gasteiger partial charge in [0, 0.05) is 49.5 Å². The molecule has 0 radical (unpaired) electrons. The van der Waals surface area contributed by atoms with Gasteiger partial charge < -0.3 is 9.32 Å². The van der Waals surface area contributed by atoms with Crippen LogP contribution in [0.4, 0.5) is 5.69 Å². The standard InChI is InChI=1S/C23H30N2O.ClH/c1-23(2)10-7-20(8-11-23)21-5-3-4-6-22(21)25-14-12-24(13-15-25)17-19-9-16-26-18-19;/h3-7,9,16,18H,8,10-15,17H2,1-2H3;1H. The van der Waals surface area contributed by atoms with Gasteiger partial charge >= 0.3 is 0 Å². The van der Waals surface area contributed by atoms with E-state index in [1.165, 1.54) is 36.1 Å². The van der Waals surface area contributed by atoms with Gasteiger partial charge in [-0.1, -0.05) is 38.1 Å². The van der Waals surface area contributed by atoms with Crippen molar-refractivity contribution in [1.82, 2.24) is 4.90 Å². The van der Waals surface area contributed by atoms with Gasteiger partial charge in [-0.25, -0.2) is 0 Å². The molecule has 0 amide bonds. The molecule has 0 spiro atoms. The van der Waals surface area contributed by atoms with Gasteiger partial charge in [-0.15, -0.1) is 12.4 Å². The normalized spacial score (nSPS) is 20.1. The van der Waals surface area contributed by atoms with Gasteiger partial charge in [0.1, 0.15) is 0 Å². The quantitative estimate of drug-likeness (QED) is 0.680. The van der Waals surface area contributed by atoms with Crippen molar-refractivity contribution in [1.29, 1.82) is 0 Å². The Morgan fingerprint density at radius 1 is 1.04 bits per heavy atom. The number of hydrogen-bond donors (Lipinski definition) is 0. The molecule has 1 aromatic carbocycles. The fourth-order valence-corrected chi connectivity index (χ4v) is 4.13. The SMILES string of the molecule is CC1(C)CC=C(c2ccccc2N2CCN(Cc3ccoc3)CC2)CC1.Cl. The van der Waals surface area contributed by atoms with Crippen LogP contribution < -0.4 is 4.90 Å². The number of rotatable bonds is 4. The number of furan rings is 1. The van der Waals surface area contributed by atoms with Gasteiger partial charge in [0.2, 0.25) is 0 Å². The predicted octanol–water partition coefficient (Wildman–Crippen LogP) is 5.62. The van der Waals surface area contributed by atoms with Crippen LogP contribution in [0.25, 0.3) is 5.57 Å². The molecule has 0 N–H and O–H groups in total. The molecule has 146 valence electrons. The molecule has 1 aliphatic heterocycles. The molecule has 1 fully saturated rings. The highest BCUT2D eigenvalue weighted by Crippen LogP contribution is 2.40. The molecular formula is C23H31ClN2O. The largest absolute Gasteiger partial charge is 0.472 e. The summed E-state index contributed by atoms with van der Waals surface area (Å²) in [5.74, 6) is 0. The van der Waals surface area contributed by atoms with E-state index in [2.05, 4.69) is 60.1 Å². The maximum Gasteiger partial charge on any atom is 0.0947 e. The molecule has 1 aliphatic carbocycles. The minimum absolute atomic E-state index is 0.